The molecule has 98 valence electrons. The molecule has 1 saturated carbocycles. The van der Waals surface area contributed by atoms with Crippen molar-refractivity contribution in [3.05, 3.63) is 23.2 Å². The summed E-state index contributed by atoms with van der Waals surface area (Å²) in [4.78, 5) is 15.0. The summed E-state index contributed by atoms with van der Waals surface area (Å²) in [6.07, 6.45) is 2.30. The first-order chi connectivity index (χ1) is 8.61. The van der Waals surface area contributed by atoms with E-state index in [1.54, 1.807) is 6.07 Å². The van der Waals surface area contributed by atoms with Crippen molar-refractivity contribution < 1.29 is 4.79 Å². The summed E-state index contributed by atoms with van der Waals surface area (Å²) in [5, 5.41) is 0.544. The number of benzene rings is 1. The van der Waals surface area contributed by atoms with Crippen molar-refractivity contribution in [2.24, 2.45) is 0 Å². The molecule has 0 aliphatic heterocycles. The van der Waals surface area contributed by atoms with Gasteiger partial charge < -0.3 is 10.6 Å². The number of hydrogen-bond acceptors (Lipinski definition) is 3. The van der Waals surface area contributed by atoms with Crippen molar-refractivity contribution in [1.82, 2.24) is 4.90 Å². The van der Waals surface area contributed by atoms with Gasteiger partial charge in [-0.3, -0.25) is 4.79 Å². The van der Waals surface area contributed by atoms with E-state index in [0.29, 0.717) is 22.5 Å². The summed E-state index contributed by atoms with van der Waals surface area (Å²) in [6, 6.07) is 5.96. The Balaban J connectivity index is 1.90. The average Bonchev–Trinajstić information content (AvgIpc) is 3.16. The van der Waals surface area contributed by atoms with Crippen molar-refractivity contribution in [2.45, 2.75) is 30.7 Å². The Morgan fingerprint density at radius 1 is 1.56 bits per heavy atom. The van der Waals surface area contributed by atoms with Gasteiger partial charge in [-0.05, 0) is 38.0 Å². The molecule has 0 saturated heterocycles. The molecule has 0 bridgehead atoms. The lowest BCUT2D eigenvalue weighted by Gasteiger charge is -2.20. The Morgan fingerprint density at radius 3 is 2.83 bits per heavy atom. The first-order valence-corrected chi connectivity index (χ1v) is 7.45. The third-order valence-electron chi connectivity index (χ3n) is 2.98. The summed E-state index contributed by atoms with van der Waals surface area (Å²) in [5.74, 6) is 0.669. The number of halogens is 1. The van der Waals surface area contributed by atoms with E-state index in [1.807, 2.05) is 24.0 Å². The Kier molecular flexibility index (Phi) is 4.40. The molecule has 0 atom stereocenters. The van der Waals surface area contributed by atoms with Crippen LogP contribution in [0.4, 0.5) is 5.69 Å². The normalized spacial score (nSPS) is 14.6. The molecule has 18 heavy (non-hydrogen) atoms. The van der Waals surface area contributed by atoms with Gasteiger partial charge in [-0.1, -0.05) is 11.6 Å². The topological polar surface area (TPSA) is 46.3 Å². The summed E-state index contributed by atoms with van der Waals surface area (Å²) < 4.78 is 0. The van der Waals surface area contributed by atoms with Crippen molar-refractivity contribution >= 4 is 35.0 Å². The fourth-order valence-corrected chi connectivity index (χ4v) is 2.92. The molecule has 2 N–H and O–H groups in total. The molecule has 1 aromatic carbocycles. The second-order valence-electron chi connectivity index (χ2n) is 4.38. The number of nitrogens with zero attached hydrogens (tertiary/aromatic N) is 1. The number of amides is 1. The van der Waals surface area contributed by atoms with Crippen LogP contribution in [0.2, 0.25) is 5.02 Å². The Hall–Kier alpha value is -0.870. The number of hydrogen-bond donors (Lipinski definition) is 1. The lowest BCUT2D eigenvalue weighted by molar-refractivity contribution is -0.128. The Labute approximate surface area is 117 Å². The highest BCUT2D eigenvalue weighted by atomic mass is 35.5. The van der Waals surface area contributed by atoms with Gasteiger partial charge in [-0.2, -0.15) is 0 Å². The first kappa shape index (κ1) is 13.6. The molecule has 1 aromatic rings. The smallest absolute Gasteiger partial charge is 0.233 e. The van der Waals surface area contributed by atoms with Gasteiger partial charge in [0.1, 0.15) is 0 Å². The molecule has 0 unspecified atom stereocenters. The summed E-state index contributed by atoms with van der Waals surface area (Å²) in [6.45, 7) is 2.83. The van der Waals surface area contributed by atoms with Gasteiger partial charge in [0.2, 0.25) is 5.91 Å². The van der Waals surface area contributed by atoms with E-state index in [0.717, 1.165) is 24.3 Å². The van der Waals surface area contributed by atoms with E-state index < -0.39 is 0 Å². The van der Waals surface area contributed by atoms with Crippen LogP contribution in [0.5, 0.6) is 0 Å². The molecule has 0 radical (unpaired) electrons. The third-order valence-corrected chi connectivity index (χ3v) is 4.29. The first-order valence-electron chi connectivity index (χ1n) is 6.09. The zero-order valence-electron chi connectivity index (χ0n) is 10.4. The molecule has 0 spiro atoms. The van der Waals surface area contributed by atoms with E-state index in [2.05, 4.69) is 0 Å². The van der Waals surface area contributed by atoms with Gasteiger partial charge in [-0.15, -0.1) is 11.8 Å². The second-order valence-corrected chi connectivity index (χ2v) is 5.84. The number of rotatable bonds is 5. The Bertz CT molecular complexity index is 449. The Morgan fingerprint density at radius 2 is 2.28 bits per heavy atom. The predicted molar refractivity (Wildman–Crippen MR) is 77.0 cm³/mol. The van der Waals surface area contributed by atoms with E-state index in [1.165, 1.54) is 11.8 Å². The lowest BCUT2D eigenvalue weighted by Crippen LogP contribution is -2.34. The monoisotopic (exact) mass is 284 g/mol. The van der Waals surface area contributed by atoms with Crippen LogP contribution in [0.3, 0.4) is 0 Å². The third kappa shape index (κ3) is 3.33. The summed E-state index contributed by atoms with van der Waals surface area (Å²) in [7, 11) is 0. The van der Waals surface area contributed by atoms with E-state index in [4.69, 9.17) is 17.3 Å². The fourth-order valence-electron chi connectivity index (χ4n) is 1.85. The van der Waals surface area contributed by atoms with Crippen molar-refractivity contribution in [3.63, 3.8) is 0 Å². The predicted octanol–water partition coefficient (Wildman–Crippen LogP) is 3.03. The van der Waals surface area contributed by atoms with Gasteiger partial charge in [0.15, 0.2) is 0 Å². The van der Waals surface area contributed by atoms with E-state index in [9.17, 15) is 4.79 Å². The number of nitrogen functional groups attached to an aromatic ring is 1. The summed E-state index contributed by atoms with van der Waals surface area (Å²) >= 11 is 7.45. The quantitative estimate of drug-likeness (QED) is 0.668. The molecule has 1 aliphatic carbocycles. The SMILES string of the molecule is CCN(C(=O)CSc1ccc(N)c(Cl)c1)C1CC1. The largest absolute Gasteiger partial charge is 0.398 e. The maximum atomic E-state index is 12.0. The van der Waals surface area contributed by atoms with Gasteiger partial charge >= 0.3 is 0 Å². The highest BCUT2D eigenvalue weighted by Gasteiger charge is 2.30. The molecule has 0 heterocycles. The molecule has 1 fully saturated rings. The minimum atomic E-state index is 0.206. The minimum Gasteiger partial charge on any atom is -0.398 e. The van der Waals surface area contributed by atoms with Crippen LogP contribution >= 0.6 is 23.4 Å². The van der Waals surface area contributed by atoms with Crippen molar-refractivity contribution in [1.29, 1.82) is 0 Å². The maximum absolute atomic E-state index is 12.0. The zero-order valence-corrected chi connectivity index (χ0v) is 11.9. The fraction of sp³-hybridized carbons (Fsp3) is 0.462. The highest BCUT2D eigenvalue weighted by molar-refractivity contribution is 8.00. The molecule has 0 aromatic heterocycles. The van der Waals surface area contributed by atoms with Crippen LogP contribution in [-0.4, -0.2) is 29.1 Å². The van der Waals surface area contributed by atoms with Crippen LogP contribution in [0.1, 0.15) is 19.8 Å². The number of anilines is 1. The van der Waals surface area contributed by atoms with Gasteiger partial charge in [-0.25, -0.2) is 0 Å². The number of nitrogens with two attached hydrogens (primary N) is 1. The molecule has 1 aliphatic rings. The van der Waals surface area contributed by atoms with Crippen molar-refractivity contribution in [3.8, 4) is 0 Å². The van der Waals surface area contributed by atoms with Crippen LogP contribution in [-0.2, 0) is 4.79 Å². The van der Waals surface area contributed by atoms with Crippen LogP contribution in [0, 0.1) is 0 Å². The maximum Gasteiger partial charge on any atom is 0.233 e. The second kappa shape index (κ2) is 5.85. The van der Waals surface area contributed by atoms with E-state index in [-0.39, 0.29) is 5.91 Å². The summed E-state index contributed by atoms with van der Waals surface area (Å²) in [5.41, 5.74) is 6.22. The van der Waals surface area contributed by atoms with Crippen molar-refractivity contribution in [2.75, 3.05) is 18.0 Å². The van der Waals surface area contributed by atoms with Gasteiger partial charge in [0, 0.05) is 17.5 Å². The minimum absolute atomic E-state index is 0.206. The molecule has 1 amide bonds. The number of thioether (sulfide) groups is 1. The molecule has 3 nitrogen and oxygen atoms in total. The molecule has 2 rings (SSSR count). The van der Waals surface area contributed by atoms with Gasteiger partial charge in [0.25, 0.3) is 0 Å². The zero-order chi connectivity index (χ0) is 13.1. The van der Waals surface area contributed by atoms with Crippen LogP contribution in [0.15, 0.2) is 23.1 Å². The van der Waals surface area contributed by atoms with Crippen LogP contribution < -0.4 is 5.73 Å². The number of carbonyl (C=O) groups is 1. The number of carbonyl (C=O) groups excluding carboxylic acids is 1. The standard InChI is InChI=1S/C13H17ClN2OS/c1-2-16(9-3-4-9)13(17)8-18-10-5-6-12(15)11(14)7-10/h5-7,9H,2-4,8,15H2,1H3. The average molecular weight is 285 g/mol. The van der Waals surface area contributed by atoms with E-state index >= 15 is 0 Å². The van der Waals surface area contributed by atoms with Gasteiger partial charge in [0.05, 0.1) is 16.5 Å². The highest BCUT2D eigenvalue weighted by Crippen LogP contribution is 2.29. The molecular weight excluding hydrogens is 268 g/mol. The molecular formula is C13H17ClN2OS. The molecule has 5 heteroatoms. The lowest BCUT2D eigenvalue weighted by atomic mass is 10.3. The van der Waals surface area contributed by atoms with Crippen LogP contribution in [0.25, 0.3) is 0 Å².